The molecule has 0 aliphatic heterocycles. The minimum absolute atomic E-state index is 0.450. The lowest BCUT2D eigenvalue weighted by Crippen LogP contribution is -1.99. The second-order valence-electron chi connectivity index (χ2n) is 2.86. The topological polar surface area (TPSA) is 53.1 Å². The number of para-hydroxylation sites is 1. The van der Waals surface area contributed by atoms with Crippen molar-refractivity contribution in [2.75, 3.05) is 12.8 Å². The normalized spacial score (nSPS) is 10.1. The van der Waals surface area contributed by atoms with Crippen LogP contribution in [0.25, 0.3) is 5.69 Å². The smallest absolute Gasteiger partial charge is 0.218 e. The van der Waals surface area contributed by atoms with Gasteiger partial charge in [-0.15, -0.1) is 5.10 Å². The lowest BCUT2D eigenvalue weighted by atomic mass is 10.3. The van der Waals surface area contributed by atoms with Gasteiger partial charge in [-0.05, 0) is 12.1 Å². The average Bonchev–Trinajstić information content (AvgIpc) is 2.61. The number of methoxy groups -OCH3 is 1. The van der Waals surface area contributed by atoms with Gasteiger partial charge in [-0.2, -0.15) is 4.68 Å². The first kappa shape index (κ1) is 8.62. The van der Waals surface area contributed by atoms with E-state index in [4.69, 9.17) is 10.5 Å². The lowest BCUT2D eigenvalue weighted by molar-refractivity contribution is 0.383. The fourth-order valence-electron chi connectivity index (χ4n) is 1.28. The van der Waals surface area contributed by atoms with Gasteiger partial charge in [0, 0.05) is 6.07 Å². The number of hydrogen-bond donors (Lipinski definition) is 1. The van der Waals surface area contributed by atoms with E-state index in [-0.39, 0.29) is 0 Å². The summed E-state index contributed by atoms with van der Waals surface area (Å²) in [4.78, 5) is 0. The molecule has 14 heavy (non-hydrogen) atoms. The molecule has 1 heterocycles. The Labute approximate surface area is 81.9 Å². The van der Waals surface area contributed by atoms with E-state index in [1.54, 1.807) is 17.9 Å². The van der Waals surface area contributed by atoms with E-state index in [1.807, 2.05) is 30.3 Å². The molecule has 0 radical (unpaired) electrons. The number of nitrogens with two attached hydrogens (primary N) is 1. The standard InChI is InChI=1S/C10H11N3O/c1-14-10-7-9(11)12-13(10)8-5-3-2-4-6-8/h2-7H,1H3,(H2,11,12). The number of nitrogen functional groups attached to an aromatic ring is 1. The highest BCUT2D eigenvalue weighted by Gasteiger charge is 2.06. The molecule has 4 heteroatoms. The van der Waals surface area contributed by atoms with Crippen molar-refractivity contribution in [1.82, 2.24) is 9.78 Å². The van der Waals surface area contributed by atoms with E-state index in [0.717, 1.165) is 5.69 Å². The number of benzene rings is 1. The Hall–Kier alpha value is -1.97. The molecule has 0 atom stereocenters. The molecule has 2 N–H and O–H groups in total. The fourth-order valence-corrected chi connectivity index (χ4v) is 1.28. The molecule has 0 fully saturated rings. The van der Waals surface area contributed by atoms with Gasteiger partial charge in [0.25, 0.3) is 0 Å². The minimum Gasteiger partial charge on any atom is -0.481 e. The van der Waals surface area contributed by atoms with Crippen molar-refractivity contribution in [3.8, 4) is 11.6 Å². The van der Waals surface area contributed by atoms with Gasteiger partial charge in [-0.1, -0.05) is 18.2 Å². The van der Waals surface area contributed by atoms with Crippen molar-refractivity contribution in [2.45, 2.75) is 0 Å². The molecule has 0 saturated heterocycles. The van der Waals surface area contributed by atoms with Gasteiger partial charge in [0.1, 0.15) is 5.82 Å². The molecule has 4 nitrogen and oxygen atoms in total. The molecule has 1 aromatic carbocycles. The summed E-state index contributed by atoms with van der Waals surface area (Å²) in [6.07, 6.45) is 0. The van der Waals surface area contributed by atoms with Crippen LogP contribution in [-0.2, 0) is 0 Å². The Balaban J connectivity index is 2.51. The van der Waals surface area contributed by atoms with E-state index in [0.29, 0.717) is 11.7 Å². The molecule has 72 valence electrons. The first-order chi connectivity index (χ1) is 6.81. The quantitative estimate of drug-likeness (QED) is 0.778. The predicted octanol–water partition coefficient (Wildman–Crippen LogP) is 1.46. The number of rotatable bonds is 2. The van der Waals surface area contributed by atoms with Gasteiger partial charge >= 0.3 is 0 Å². The molecule has 0 saturated carbocycles. The number of aromatic nitrogens is 2. The zero-order valence-electron chi connectivity index (χ0n) is 7.84. The molecule has 2 rings (SSSR count). The van der Waals surface area contributed by atoms with Crippen LogP contribution in [0.2, 0.25) is 0 Å². The lowest BCUT2D eigenvalue weighted by Gasteiger charge is -2.04. The summed E-state index contributed by atoms with van der Waals surface area (Å²) < 4.78 is 6.80. The van der Waals surface area contributed by atoms with E-state index < -0.39 is 0 Å². The molecule has 2 aromatic rings. The van der Waals surface area contributed by atoms with Crippen LogP contribution >= 0.6 is 0 Å². The summed E-state index contributed by atoms with van der Waals surface area (Å²) >= 11 is 0. The molecule has 0 unspecified atom stereocenters. The second-order valence-corrected chi connectivity index (χ2v) is 2.86. The van der Waals surface area contributed by atoms with E-state index in [1.165, 1.54) is 0 Å². The molecule has 0 amide bonds. The van der Waals surface area contributed by atoms with Crippen molar-refractivity contribution in [2.24, 2.45) is 0 Å². The van der Waals surface area contributed by atoms with E-state index in [2.05, 4.69) is 5.10 Å². The maximum Gasteiger partial charge on any atom is 0.218 e. The van der Waals surface area contributed by atoms with Gasteiger partial charge in [-0.25, -0.2) is 0 Å². The summed E-state index contributed by atoms with van der Waals surface area (Å²) in [6.45, 7) is 0. The highest BCUT2D eigenvalue weighted by molar-refractivity contribution is 5.41. The zero-order valence-corrected chi connectivity index (χ0v) is 7.84. The van der Waals surface area contributed by atoms with Crippen LogP contribution in [0, 0.1) is 0 Å². The molecule has 0 aliphatic carbocycles. The predicted molar refractivity (Wildman–Crippen MR) is 54.5 cm³/mol. The summed E-state index contributed by atoms with van der Waals surface area (Å²) in [5.41, 5.74) is 6.51. The van der Waals surface area contributed by atoms with Crippen LogP contribution in [-0.4, -0.2) is 16.9 Å². The number of hydrogen-bond acceptors (Lipinski definition) is 3. The van der Waals surface area contributed by atoms with Crippen LogP contribution in [0.1, 0.15) is 0 Å². The Morgan fingerprint density at radius 2 is 2.00 bits per heavy atom. The van der Waals surface area contributed by atoms with Crippen LogP contribution < -0.4 is 10.5 Å². The Bertz CT molecular complexity index is 422. The molecular formula is C10H11N3O. The highest BCUT2D eigenvalue weighted by atomic mass is 16.5. The largest absolute Gasteiger partial charge is 0.481 e. The Kier molecular flexibility index (Phi) is 2.10. The average molecular weight is 189 g/mol. The molecule has 0 bridgehead atoms. The SMILES string of the molecule is COc1cc(N)nn1-c1ccccc1. The van der Waals surface area contributed by atoms with Crippen LogP contribution in [0.4, 0.5) is 5.82 Å². The Morgan fingerprint density at radius 1 is 1.29 bits per heavy atom. The Morgan fingerprint density at radius 3 is 2.64 bits per heavy atom. The van der Waals surface area contributed by atoms with Crippen LogP contribution in [0.3, 0.4) is 0 Å². The zero-order chi connectivity index (χ0) is 9.97. The second kappa shape index (κ2) is 3.41. The summed E-state index contributed by atoms with van der Waals surface area (Å²) in [7, 11) is 1.59. The molecule has 1 aromatic heterocycles. The third-order valence-corrected chi connectivity index (χ3v) is 1.91. The maximum absolute atomic E-state index is 5.58. The number of anilines is 1. The molecule has 0 spiro atoms. The van der Waals surface area contributed by atoms with Crippen molar-refractivity contribution in [1.29, 1.82) is 0 Å². The van der Waals surface area contributed by atoms with Gasteiger partial charge in [-0.3, -0.25) is 0 Å². The van der Waals surface area contributed by atoms with Gasteiger partial charge in [0.05, 0.1) is 12.8 Å². The summed E-state index contributed by atoms with van der Waals surface area (Å²) in [6, 6.07) is 11.4. The first-order valence-corrected chi connectivity index (χ1v) is 4.26. The van der Waals surface area contributed by atoms with Crippen molar-refractivity contribution in [3.63, 3.8) is 0 Å². The summed E-state index contributed by atoms with van der Waals surface area (Å²) in [5.74, 6) is 1.08. The van der Waals surface area contributed by atoms with Crippen LogP contribution in [0.15, 0.2) is 36.4 Å². The number of nitrogens with zero attached hydrogens (tertiary/aromatic N) is 2. The molecule has 0 aliphatic rings. The minimum atomic E-state index is 0.450. The van der Waals surface area contributed by atoms with Gasteiger partial charge < -0.3 is 10.5 Å². The van der Waals surface area contributed by atoms with Gasteiger partial charge in [0.2, 0.25) is 5.88 Å². The highest BCUT2D eigenvalue weighted by Crippen LogP contribution is 2.19. The third kappa shape index (κ3) is 1.42. The number of ether oxygens (including phenoxy) is 1. The van der Waals surface area contributed by atoms with E-state index >= 15 is 0 Å². The van der Waals surface area contributed by atoms with Crippen molar-refractivity contribution >= 4 is 5.82 Å². The maximum atomic E-state index is 5.58. The van der Waals surface area contributed by atoms with Crippen molar-refractivity contribution in [3.05, 3.63) is 36.4 Å². The van der Waals surface area contributed by atoms with Crippen molar-refractivity contribution < 1.29 is 4.74 Å². The van der Waals surface area contributed by atoms with Crippen LogP contribution in [0.5, 0.6) is 5.88 Å². The summed E-state index contributed by atoms with van der Waals surface area (Å²) in [5, 5.41) is 4.12. The monoisotopic (exact) mass is 189 g/mol. The first-order valence-electron chi connectivity index (χ1n) is 4.26. The van der Waals surface area contributed by atoms with E-state index in [9.17, 15) is 0 Å². The van der Waals surface area contributed by atoms with Gasteiger partial charge in [0.15, 0.2) is 0 Å². The third-order valence-electron chi connectivity index (χ3n) is 1.91. The molecular weight excluding hydrogens is 178 g/mol. The fraction of sp³-hybridized carbons (Fsp3) is 0.100.